The van der Waals surface area contributed by atoms with E-state index in [4.69, 9.17) is 4.74 Å². The predicted octanol–water partition coefficient (Wildman–Crippen LogP) is 3.65. The number of nitrogens with one attached hydrogen (secondary N) is 1. The first-order valence-electron chi connectivity index (χ1n) is 7.37. The fourth-order valence-electron chi connectivity index (χ4n) is 2.16. The molecule has 0 unspecified atom stereocenters. The number of para-hydroxylation sites is 1. The van der Waals surface area contributed by atoms with Gasteiger partial charge in [0.15, 0.2) is 6.61 Å². The zero-order chi connectivity index (χ0) is 17.5. The summed E-state index contributed by atoms with van der Waals surface area (Å²) in [5, 5.41) is 13.5. The molecule has 0 fully saturated rings. The van der Waals surface area contributed by atoms with Gasteiger partial charge >= 0.3 is 0 Å². The average Bonchev–Trinajstić information content (AvgIpc) is 2.56. The van der Waals surface area contributed by atoms with Crippen LogP contribution in [0.3, 0.4) is 0 Å². The second-order valence-corrected chi connectivity index (χ2v) is 5.19. The fraction of sp³-hybridized carbons (Fsp3) is 0.167. The van der Waals surface area contributed by atoms with E-state index in [0.29, 0.717) is 17.9 Å². The summed E-state index contributed by atoms with van der Waals surface area (Å²) in [6.07, 6.45) is 2.40. The second-order valence-electron chi connectivity index (χ2n) is 5.19. The van der Waals surface area contributed by atoms with Crippen LogP contribution in [-0.2, 0) is 11.2 Å². The maximum atomic E-state index is 12.1. The molecule has 0 saturated heterocycles. The van der Waals surface area contributed by atoms with Gasteiger partial charge < -0.3 is 10.1 Å². The molecule has 6 heteroatoms. The Morgan fingerprint density at radius 3 is 2.79 bits per heavy atom. The minimum Gasteiger partial charge on any atom is -0.483 e. The number of hydrogen-bond donors (Lipinski definition) is 1. The molecule has 1 amide bonds. The number of amides is 1. The van der Waals surface area contributed by atoms with E-state index >= 15 is 0 Å². The third-order valence-corrected chi connectivity index (χ3v) is 3.40. The predicted molar refractivity (Wildman–Crippen MR) is 92.3 cm³/mol. The van der Waals surface area contributed by atoms with Crippen LogP contribution >= 0.6 is 0 Å². The Labute approximate surface area is 139 Å². The molecule has 0 aromatic heterocycles. The third kappa shape index (κ3) is 4.42. The topological polar surface area (TPSA) is 81.5 Å². The zero-order valence-electron chi connectivity index (χ0n) is 13.3. The van der Waals surface area contributed by atoms with Crippen molar-refractivity contribution in [2.24, 2.45) is 0 Å². The number of aryl methyl sites for hydroxylation is 1. The van der Waals surface area contributed by atoms with Crippen LogP contribution in [0.4, 0.5) is 11.4 Å². The summed E-state index contributed by atoms with van der Waals surface area (Å²) in [4.78, 5) is 22.4. The number of anilines is 1. The molecule has 1 N–H and O–H groups in total. The lowest BCUT2D eigenvalue weighted by atomic mass is 10.1. The van der Waals surface area contributed by atoms with Gasteiger partial charge in [0.05, 0.1) is 10.6 Å². The molecular weight excluding hydrogens is 308 g/mol. The van der Waals surface area contributed by atoms with Gasteiger partial charge in [-0.05, 0) is 30.5 Å². The molecule has 6 nitrogen and oxygen atoms in total. The van der Waals surface area contributed by atoms with Gasteiger partial charge in [0.2, 0.25) is 0 Å². The Balaban J connectivity index is 2.03. The van der Waals surface area contributed by atoms with Crippen LogP contribution in [0.2, 0.25) is 0 Å². The first kappa shape index (κ1) is 17.2. The summed E-state index contributed by atoms with van der Waals surface area (Å²) in [6.45, 7) is 5.27. The maximum absolute atomic E-state index is 12.1. The van der Waals surface area contributed by atoms with E-state index in [1.54, 1.807) is 25.1 Å². The van der Waals surface area contributed by atoms with Gasteiger partial charge in [0.1, 0.15) is 5.75 Å². The van der Waals surface area contributed by atoms with Crippen LogP contribution in [-0.4, -0.2) is 17.4 Å². The Morgan fingerprint density at radius 1 is 1.33 bits per heavy atom. The van der Waals surface area contributed by atoms with E-state index in [9.17, 15) is 14.9 Å². The van der Waals surface area contributed by atoms with E-state index < -0.39 is 4.92 Å². The Kier molecular flexibility index (Phi) is 5.68. The summed E-state index contributed by atoms with van der Waals surface area (Å²) in [7, 11) is 0. The molecule has 124 valence electrons. The van der Waals surface area contributed by atoms with Gasteiger partial charge in [-0.1, -0.05) is 30.3 Å². The Morgan fingerprint density at radius 2 is 2.08 bits per heavy atom. The van der Waals surface area contributed by atoms with Crippen LogP contribution in [0.15, 0.2) is 55.1 Å². The van der Waals surface area contributed by atoms with Crippen LogP contribution in [0.1, 0.15) is 11.1 Å². The SMILES string of the molecule is C=CCc1ccccc1OCC(=O)Nc1cc([N+](=O)[O-])ccc1C. The minimum atomic E-state index is -0.503. The molecule has 2 aromatic carbocycles. The molecular formula is C18H18N2O4. The number of carbonyl (C=O) groups is 1. The number of allylic oxidation sites excluding steroid dienone is 1. The number of benzene rings is 2. The van der Waals surface area contributed by atoms with E-state index in [2.05, 4.69) is 11.9 Å². The number of nitro benzene ring substituents is 1. The van der Waals surface area contributed by atoms with E-state index in [0.717, 1.165) is 11.1 Å². The van der Waals surface area contributed by atoms with Crippen molar-refractivity contribution in [2.75, 3.05) is 11.9 Å². The minimum absolute atomic E-state index is 0.0758. The fourth-order valence-corrected chi connectivity index (χ4v) is 2.16. The van der Waals surface area contributed by atoms with Crippen LogP contribution < -0.4 is 10.1 Å². The normalized spacial score (nSPS) is 10.0. The largest absolute Gasteiger partial charge is 0.483 e. The van der Waals surface area contributed by atoms with Gasteiger partial charge in [-0.3, -0.25) is 14.9 Å². The quantitative estimate of drug-likeness (QED) is 0.478. The van der Waals surface area contributed by atoms with Gasteiger partial charge in [-0.25, -0.2) is 0 Å². The summed E-state index contributed by atoms with van der Waals surface area (Å²) >= 11 is 0. The highest BCUT2D eigenvalue weighted by atomic mass is 16.6. The molecule has 0 spiro atoms. The lowest BCUT2D eigenvalue weighted by Gasteiger charge is -2.11. The molecule has 2 rings (SSSR count). The monoisotopic (exact) mass is 326 g/mol. The van der Waals surface area contributed by atoms with Gasteiger partial charge in [0, 0.05) is 12.1 Å². The maximum Gasteiger partial charge on any atom is 0.271 e. The van der Waals surface area contributed by atoms with Crippen molar-refractivity contribution in [2.45, 2.75) is 13.3 Å². The second kappa shape index (κ2) is 7.92. The number of nitro groups is 1. The van der Waals surface area contributed by atoms with Crippen molar-refractivity contribution in [1.29, 1.82) is 0 Å². The molecule has 24 heavy (non-hydrogen) atoms. The van der Waals surface area contributed by atoms with E-state index in [1.807, 2.05) is 18.2 Å². The third-order valence-electron chi connectivity index (χ3n) is 3.40. The first-order chi connectivity index (χ1) is 11.5. The smallest absolute Gasteiger partial charge is 0.271 e. The van der Waals surface area contributed by atoms with Crippen LogP contribution in [0.25, 0.3) is 0 Å². The Bertz CT molecular complexity index is 771. The van der Waals surface area contributed by atoms with Crippen LogP contribution in [0.5, 0.6) is 5.75 Å². The number of carbonyl (C=O) groups excluding carboxylic acids is 1. The van der Waals surface area contributed by atoms with Crippen molar-refractivity contribution < 1.29 is 14.5 Å². The molecule has 0 atom stereocenters. The van der Waals surface area contributed by atoms with Gasteiger partial charge in [-0.2, -0.15) is 0 Å². The zero-order valence-corrected chi connectivity index (χ0v) is 13.3. The highest BCUT2D eigenvalue weighted by Crippen LogP contribution is 2.22. The summed E-state index contributed by atoms with van der Waals surface area (Å²) < 4.78 is 5.55. The summed E-state index contributed by atoms with van der Waals surface area (Å²) in [6, 6.07) is 11.7. The van der Waals surface area contributed by atoms with E-state index in [1.165, 1.54) is 12.1 Å². The molecule has 0 saturated carbocycles. The average molecular weight is 326 g/mol. The number of rotatable bonds is 7. The number of ether oxygens (including phenoxy) is 1. The van der Waals surface area contributed by atoms with Crippen molar-refractivity contribution >= 4 is 17.3 Å². The van der Waals surface area contributed by atoms with E-state index in [-0.39, 0.29) is 18.2 Å². The summed E-state index contributed by atoms with van der Waals surface area (Å²) in [5.41, 5.74) is 2.00. The molecule has 0 bridgehead atoms. The van der Waals surface area contributed by atoms with Crippen molar-refractivity contribution in [3.05, 3.63) is 76.4 Å². The molecule has 0 aliphatic heterocycles. The number of nitrogens with zero attached hydrogens (tertiary/aromatic N) is 1. The highest BCUT2D eigenvalue weighted by Gasteiger charge is 2.12. The van der Waals surface area contributed by atoms with Crippen molar-refractivity contribution in [3.63, 3.8) is 0 Å². The molecule has 0 aliphatic carbocycles. The number of non-ortho nitro benzene ring substituents is 1. The lowest BCUT2D eigenvalue weighted by molar-refractivity contribution is -0.384. The summed E-state index contributed by atoms with van der Waals surface area (Å²) in [5.74, 6) is 0.232. The van der Waals surface area contributed by atoms with Gasteiger partial charge in [0.25, 0.3) is 11.6 Å². The van der Waals surface area contributed by atoms with Crippen molar-refractivity contribution in [3.8, 4) is 5.75 Å². The first-order valence-corrected chi connectivity index (χ1v) is 7.37. The number of hydrogen-bond acceptors (Lipinski definition) is 4. The van der Waals surface area contributed by atoms with Crippen molar-refractivity contribution in [1.82, 2.24) is 0 Å². The molecule has 0 radical (unpaired) electrons. The lowest BCUT2D eigenvalue weighted by Crippen LogP contribution is -2.21. The Hall–Kier alpha value is -3.15. The molecule has 0 aliphatic rings. The standard InChI is InChI=1S/C18H18N2O4/c1-3-6-14-7-4-5-8-17(14)24-12-18(21)19-16-11-15(20(22)23)10-9-13(16)2/h3-5,7-11H,1,6,12H2,2H3,(H,19,21). The van der Waals surface area contributed by atoms with Gasteiger partial charge in [-0.15, -0.1) is 6.58 Å². The highest BCUT2D eigenvalue weighted by molar-refractivity contribution is 5.93. The van der Waals surface area contributed by atoms with Crippen LogP contribution in [0, 0.1) is 17.0 Å². The molecule has 0 heterocycles. The molecule has 2 aromatic rings.